The fourth-order valence-electron chi connectivity index (χ4n) is 2.35. The number of nitrogens with two attached hydrogens (primary N) is 1. The van der Waals surface area contributed by atoms with Crippen LogP contribution in [0.1, 0.15) is 29.9 Å². The van der Waals surface area contributed by atoms with E-state index in [1.165, 1.54) is 24.0 Å². The number of benzene rings is 1. The molecule has 1 aliphatic carbocycles. The van der Waals surface area contributed by atoms with Gasteiger partial charge in [0.05, 0.1) is 7.11 Å². The monoisotopic (exact) mass is 227 g/mol. The van der Waals surface area contributed by atoms with Crippen LogP contribution in [0.2, 0.25) is 0 Å². The minimum absolute atomic E-state index is 0. The van der Waals surface area contributed by atoms with Crippen LogP contribution in [0.15, 0.2) is 18.2 Å². The van der Waals surface area contributed by atoms with E-state index in [1.807, 2.05) is 6.07 Å². The molecule has 1 atom stereocenters. The third-order valence-electron chi connectivity index (χ3n) is 3.09. The van der Waals surface area contributed by atoms with Crippen LogP contribution in [0.3, 0.4) is 0 Å². The van der Waals surface area contributed by atoms with Crippen molar-refractivity contribution in [3.05, 3.63) is 29.3 Å². The first-order valence-corrected chi connectivity index (χ1v) is 5.22. The van der Waals surface area contributed by atoms with Crippen molar-refractivity contribution in [1.29, 1.82) is 0 Å². The summed E-state index contributed by atoms with van der Waals surface area (Å²) >= 11 is 0. The van der Waals surface area contributed by atoms with E-state index in [-0.39, 0.29) is 12.4 Å². The molecule has 0 unspecified atom stereocenters. The number of halogens is 1. The number of hydrogen-bond acceptors (Lipinski definition) is 2. The van der Waals surface area contributed by atoms with E-state index < -0.39 is 0 Å². The standard InChI is InChI=1S/C12H17NO.ClH/c1-14-12-7-3-5-10-9(8-13)4-2-6-11(10)12;/h3,5,7,9H,2,4,6,8,13H2,1H3;1H/t9-;/m1./s1. The van der Waals surface area contributed by atoms with Gasteiger partial charge in [-0.25, -0.2) is 0 Å². The fraction of sp³-hybridized carbons (Fsp3) is 0.500. The maximum atomic E-state index is 5.77. The number of ether oxygens (including phenoxy) is 1. The summed E-state index contributed by atoms with van der Waals surface area (Å²) in [5.74, 6) is 1.56. The lowest BCUT2D eigenvalue weighted by atomic mass is 9.82. The molecule has 0 spiro atoms. The molecule has 1 aromatic carbocycles. The lowest BCUT2D eigenvalue weighted by molar-refractivity contribution is 0.403. The third-order valence-corrected chi connectivity index (χ3v) is 3.09. The molecule has 1 aromatic rings. The molecule has 2 nitrogen and oxygen atoms in total. The highest BCUT2D eigenvalue weighted by Gasteiger charge is 2.21. The first kappa shape index (κ1) is 12.3. The van der Waals surface area contributed by atoms with Crippen molar-refractivity contribution in [3.63, 3.8) is 0 Å². The number of rotatable bonds is 2. The van der Waals surface area contributed by atoms with Crippen LogP contribution in [0.4, 0.5) is 0 Å². The van der Waals surface area contributed by atoms with E-state index in [0.29, 0.717) is 5.92 Å². The number of fused-ring (bicyclic) bond motifs is 1. The van der Waals surface area contributed by atoms with Gasteiger partial charge in [-0.05, 0) is 48.9 Å². The Balaban J connectivity index is 0.00000112. The average molecular weight is 228 g/mol. The molecule has 0 radical (unpaired) electrons. The van der Waals surface area contributed by atoms with Crippen LogP contribution < -0.4 is 10.5 Å². The second kappa shape index (κ2) is 5.38. The Morgan fingerprint density at radius 3 is 2.93 bits per heavy atom. The normalized spacial score (nSPS) is 18.9. The van der Waals surface area contributed by atoms with Gasteiger partial charge in [-0.2, -0.15) is 0 Å². The molecule has 0 heterocycles. The smallest absolute Gasteiger partial charge is 0.122 e. The van der Waals surface area contributed by atoms with E-state index in [1.54, 1.807) is 7.11 Å². The van der Waals surface area contributed by atoms with Crippen molar-refractivity contribution in [2.45, 2.75) is 25.2 Å². The predicted octanol–water partition coefficient (Wildman–Crippen LogP) is 2.50. The number of hydrogen-bond donors (Lipinski definition) is 1. The summed E-state index contributed by atoms with van der Waals surface area (Å²) in [4.78, 5) is 0. The van der Waals surface area contributed by atoms with Crippen LogP contribution in [0.25, 0.3) is 0 Å². The predicted molar refractivity (Wildman–Crippen MR) is 65.0 cm³/mol. The summed E-state index contributed by atoms with van der Waals surface area (Å²) in [5.41, 5.74) is 8.54. The van der Waals surface area contributed by atoms with Crippen molar-refractivity contribution >= 4 is 12.4 Å². The Hall–Kier alpha value is -0.730. The Bertz CT molecular complexity index is 327. The van der Waals surface area contributed by atoms with Crippen LogP contribution in [-0.2, 0) is 6.42 Å². The molecule has 0 fully saturated rings. The Morgan fingerprint density at radius 1 is 1.47 bits per heavy atom. The highest BCUT2D eigenvalue weighted by molar-refractivity contribution is 5.85. The maximum Gasteiger partial charge on any atom is 0.122 e. The van der Waals surface area contributed by atoms with Gasteiger partial charge in [0.25, 0.3) is 0 Å². The molecular weight excluding hydrogens is 210 g/mol. The summed E-state index contributed by atoms with van der Waals surface area (Å²) in [6.07, 6.45) is 3.59. The average Bonchev–Trinajstić information content (AvgIpc) is 2.27. The van der Waals surface area contributed by atoms with Crippen LogP contribution in [0, 0.1) is 0 Å². The summed E-state index contributed by atoms with van der Waals surface area (Å²) in [6.45, 7) is 0.750. The summed E-state index contributed by atoms with van der Waals surface area (Å²) in [7, 11) is 1.74. The van der Waals surface area contributed by atoms with E-state index in [9.17, 15) is 0 Å². The Kier molecular flexibility index (Phi) is 4.43. The summed E-state index contributed by atoms with van der Waals surface area (Å²) in [5, 5.41) is 0. The van der Waals surface area contributed by atoms with E-state index in [0.717, 1.165) is 18.7 Å². The molecule has 2 N–H and O–H groups in total. The molecule has 1 aliphatic rings. The molecule has 0 aliphatic heterocycles. The van der Waals surface area contributed by atoms with Crippen molar-refractivity contribution in [3.8, 4) is 5.75 Å². The molecule has 84 valence electrons. The molecule has 0 bridgehead atoms. The van der Waals surface area contributed by atoms with Crippen LogP contribution >= 0.6 is 12.4 Å². The van der Waals surface area contributed by atoms with E-state index in [4.69, 9.17) is 10.5 Å². The van der Waals surface area contributed by atoms with Gasteiger partial charge in [-0.15, -0.1) is 12.4 Å². The zero-order valence-electron chi connectivity index (χ0n) is 9.03. The van der Waals surface area contributed by atoms with Gasteiger partial charge < -0.3 is 10.5 Å². The number of methoxy groups -OCH3 is 1. The van der Waals surface area contributed by atoms with Crippen molar-refractivity contribution in [2.75, 3.05) is 13.7 Å². The highest BCUT2D eigenvalue weighted by Crippen LogP contribution is 2.35. The summed E-state index contributed by atoms with van der Waals surface area (Å²) in [6, 6.07) is 6.29. The van der Waals surface area contributed by atoms with Gasteiger partial charge >= 0.3 is 0 Å². The van der Waals surface area contributed by atoms with Gasteiger partial charge in [0.1, 0.15) is 5.75 Å². The van der Waals surface area contributed by atoms with Gasteiger partial charge in [0, 0.05) is 0 Å². The SMILES string of the molecule is COc1cccc2c1CCC[C@@H]2CN.Cl. The topological polar surface area (TPSA) is 35.2 Å². The largest absolute Gasteiger partial charge is 0.496 e. The molecular formula is C12H18ClNO. The third kappa shape index (κ3) is 2.27. The van der Waals surface area contributed by atoms with Gasteiger partial charge in [0.2, 0.25) is 0 Å². The Labute approximate surface area is 97.2 Å². The zero-order chi connectivity index (χ0) is 9.97. The first-order chi connectivity index (χ1) is 6.86. The van der Waals surface area contributed by atoms with Crippen molar-refractivity contribution < 1.29 is 4.74 Å². The molecule has 3 heteroatoms. The van der Waals surface area contributed by atoms with Gasteiger partial charge in [0.15, 0.2) is 0 Å². The lowest BCUT2D eigenvalue weighted by Crippen LogP contribution is -2.18. The minimum Gasteiger partial charge on any atom is -0.496 e. The second-order valence-corrected chi connectivity index (χ2v) is 3.85. The van der Waals surface area contributed by atoms with Crippen molar-refractivity contribution in [2.24, 2.45) is 5.73 Å². The first-order valence-electron chi connectivity index (χ1n) is 5.22. The molecule has 0 saturated carbocycles. The molecule has 0 amide bonds. The van der Waals surface area contributed by atoms with Gasteiger partial charge in [-0.1, -0.05) is 12.1 Å². The quantitative estimate of drug-likeness (QED) is 0.843. The molecule has 0 aromatic heterocycles. The summed E-state index contributed by atoms with van der Waals surface area (Å²) < 4.78 is 5.36. The van der Waals surface area contributed by atoms with Crippen LogP contribution in [-0.4, -0.2) is 13.7 Å². The molecule has 2 rings (SSSR count). The highest BCUT2D eigenvalue weighted by atomic mass is 35.5. The minimum atomic E-state index is 0. The van der Waals surface area contributed by atoms with Crippen molar-refractivity contribution in [1.82, 2.24) is 0 Å². The second-order valence-electron chi connectivity index (χ2n) is 3.85. The zero-order valence-corrected chi connectivity index (χ0v) is 9.85. The van der Waals surface area contributed by atoms with Gasteiger partial charge in [-0.3, -0.25) is 0 Å². The van der Waals surface area contributed by atoms with Crippen LogP contribution in [0.5, 0.6) is 5.75 Å². The fourth-order valence-corrected chi connectivity index (χ4v) is 2.35. The van der Waals surface area contributed by atoms with E-state index >= 15 is 0 Å². The lowest BCUT2D eigenvalue weighted by Gasteiger charge is -2.25. The Morgan fingerprint density at radius 2 is 2.27 bits per heavy atom. The van der Waals surface area contributed by atoms with E-state index in [2.05, 4.69) is 12.1 Å². The molecule has 15 heavy (non-hydrogen) atoms. The molecule has 0 saturated heterocycles. The maximum absolute atomic E-state index is 5.77.